The van der Waals surface area contributed by atoms with E-state index in [1.54, 1.807) is 0 Å². The predicted molar refractivity (Wildman–Crippen MR) is 71.1 cm³/mol. The Bertz CT molecular complexity index is 397. The molecule has 0 heterocycles. The maximum atomic E-state index is 10.1. The lowest BCUT2D eigenvalue weighted by atomic mass is 10.1. The molecule has 1 atom stereocenters. The molecular formula is C15H17NO. The molecule has 0 unspecified atom stereocenters. The second kappa shape index (κ2) is 5.51. The Morgan fingerprint density at radius 1 is 0.941 bits per heavy atom. The van der Waals surface area contributed by atoms with Crippen LogP contribution in [0.5, 0.6) is 0 Å². The van der Waals surface area contributed by atoms with Gasteiger partial charge >= 0.3 is 0 Å². The first kappa shape index (κ1) is 11.7. The molecule has 0 aromatic heterocycles. The maximum Gasteiger partial charge on any atom is 0.0964 e. The molecule has 0 saturated carbocycles. The van der Waals surface area contributed by atoms with Crippen LogP contribution in [-0.2, 0) is 0 Å². The number of para-hydroxylation sites is 1. The summed E-state index contributed by atoms with van der Waals surface area (Å²) < 4.78 is 0. The lowest BCUT2D eigenvalue weighted by Crippen LogP contribution is -2.23. The van der Waals surface area contributed by atoms with Gasteiger partial charge in [-0.3, -0.25) is 0 Å². The van der Waals surface area contributed by atoms with Crippen molar-refractivity contribution in [2.24, 2.45) is 0 Å². The van der Waals surface area contributed by atoms with Crippen LogP contribution >= 0.6 is 0 Å². The molecule has 2 rings (SSSR count). The summed E-state index contributed by atoms with van der Waals surface area (Å²) in [6.07, 6.45) is -0.457. The van der Waals surface area contributed by atoms with E-state index in [2.05, 4.69) is 4.90 Å². The second-order valence-corrected chi connectivity index (χ2v) is 4.14. The van der Waals surface area contributed by atoms with Crippen molar-refractivity contribution in [1.29, 1.82) is 0 Å². The van der Waals surface area contributed by atoms with E-state index < -0.39 is 6.10 Å². The van der Waals surface area contributed by atoms with Gasteiger partial charge in [-0.15, -0.1) is 0 Å². The maximum absolute atomic E-state index is 10.1. The van der Waals surface area contributed by atoms with E-state index in [-0.39, 0.29) is 0 Å². The fourth-order valence-corrected chi connectivity index (χ4v) is 1.83. The van der Waals surface area contributed by atoms with E-state index in [9.17, 15) is 5.11 Å². The zero-order valence-corrected chi connectivity index (χ0v) is 9.95. The normalized spacial score (nSPS) is 12.1. The predicted octanol–water partition coefficient (Wildman–Crippen LogP) is 2.86. The topological polar surface area (TPSA) is 23.5 Å². The Morgan fingerprint density at radius 3 is 2.06 bits per heavy atom. The van der Waals surface area contributed by atoms with Crippen LogP contribution in [0.4, 0.5) is 5.69 Å². The number of hydrogen-bond acceptors (Lipinski definition) is 2. The average Bonchev–Trinajstić information content (AvgIpc) is 2.40. The summed E-state index contributed by atoms with van der Waals surface area (Å²) in [4.78, 5) is 2.05. The summed E-state index contributed by atoms with van der Waals surface area (Å²) in [5.41, 5.74) is 2.07. The highest BCUT2D eigenvalue weighted by molar-refractivity contribution is 5.45. The highest BCUT2D eigenvalue weighted by atomic mass is 16.3. The van der Waals surface area contributed by atoms with E-state index in [4.69, 9.17) is 0 Å². The van der Waals surface area contributed by atoms with Crippen molar-refractivity contribution >= 4 is 5.69 Å². The fraction of sp³-hybridized carbons (Fsp3) is 0.200. The minimum absolute atomic E-state index is 0.457. The second-order valence-electron chi connectivity index (χ2n) is 4.14. The van der Waals surface area contributed by atoms with E-state index in [0.29, 0.717) is 6.54 Å². The summed E-state index contributed by atoms with van der Waals surface area (Å²) >= 11 is 0. The Balaban J connectivity index is 2.02. The molecule has 1 N–H and O–H groups in total. The largest absolute Gasteiger partial charge is 0.387 e. The van der Waals surface area contributed by atoms with Crippen LogP contribution in [0.25, 0.3) is 0 Å². The number of rotatable bonds is 4. The SMILES string of the molecule is CN(C[C@H](O)c1ccccc1)c1ccccc1. The summed E-state index contributed by atoms with van der Waals surface area (Å²) in [6.45, 7) is 0.591. The Hall–Kier alpha value is -1.80. The molecule has 0 amide bonds. The van der Waals surface area contributed by atoms with Crippen LogP contribution in [0, 0.1) is 0 Å². The standard InChI is InChI=1S/C15H17NO/c1-16(14-10-6-3-7-11-14)12-15(17)13-8-4-2-5-9-13/h2-11,15,17H,12H2,1H3/t15-/m0/s1. The van der Waals surface area contributed by atoms with E-state index in [1.807, 2.05) is 67.7 Å². The number of benzene rings is 2. The van der Waals surface area contributed by atoms with Gasteiger partial charge < -0.3 is 10.0 Å². The summed E-state index contributed by atoms with van der Waals surface area (Å²) in [5, 5.41) is 10.1. The van der Waals surface area contributed by atoms with Gasteiger partial charge in [-0.25, -0.2) is 0 Å². The smallest absolute Gasteiger partial charge is 0.0964 e. The number of aliphatic hydroxyl groups excluding tert-OH is 1. The third kappa shape index (κ3) is 3.08. The quantitative estimate of drug-likeness (QED) is 0.868. The number of anilines is 1. The molecule has 0 aliphatic rings. The first-order chi connectivity index (χ1) is 8.27. The molecule has 2 heteroatoms. The zero-order chi connectivity index (χ0) is 12.1. The summed E-state index contributed by atoms with van der Waals surface area (Å²) in [5.74, 6) is 0. The number of nitrogens with zero attached hydrogens (tertiary/aromatic N) is 1. The Kier molecular flexibility index (Phi) is 3.78. The monoisotopic (exact) mass is 227 g/mol. The summed E-state index contributed by atoms with van der Waals surface area (Å²) in [6, 6.07) is 19.8. The van der Waals surface area contributed by atoms with Gasteiger partial charge in [-0.2, -0.15) is 0 Å². The van der Waals surface area contributed by atoms with Crippen molar-refractivity contribution in [3.8, 4) is 0 Å². The van der Waals surface area contributed by atoms with Gasteiger partial charge in [-0.05, 0) is 17.7 Å². The number of aliphatic hydroxyl groups is 1. The van der Waals surface area contributed by atoms with Crippen LogP contribution in [0.15, 0.2) is 60.7 Å². The summed E-state index contributed by atoms with van der Waals surface area (Å²) in [7, 11) is 1.99. The van der Waals surface area contributed by atoms with Crippen molar-refractivity contribution in [2.75, 3.05) is 18.5 Å². The van der Waals surface area contributed by atoms with Crippen molar-refractivity contribution in [3.63, 3.8) is 0 Å². The van der Waals surface area contributed by atoms with Gasteiger partial charge in [0.25, 0.3) is 0 Å². The minimum atomic E-state index is -0.457. The first-order valence-corrected chi connectivity index (χ1v) is 5.76. The van der Waals surface area contributed by atoms with Gasteiger partial charge in [0, 0.05) is 19.3 Å². The lowest BCUT2D eigenvalue weighted by Gasteiger charge is -2.22. The van der Waals surface area contributed by atoms with E-state index in [1.165, 1.54) is 0 Å². The molecule has 2 aromatic rings. The van der Waals surface area contributed by atoms with Crippen LogP contribution in [0.1, 0.15) is 11.7 Å². The third-order valence-electron chi connectivity index (χ3n) is 2.83. The third-order valence-corrected chi connectivity index (χ3v) is 2.83. The molecule has 0 spiro atoms. The van der Waals surface area contributed by atoms with Gasteiger partial charge in [0.15, 0.2) is 0 Å². The molecule has 2 nitrogen and oxygen atoms in total. The van der Waals surface area contributed by atoms with Crippen molar-refractivity contribution < 1.29 is 5.11 Å². The molecular weight excluding hydrogens is 210 g/mol. The fourth-order valence-electron chi connectivity index (χ4n) is 1.83. The number of likely N-dealkylation sites (N-methyl/N-ethyl adjacent to an activating group) is 1. The minimum Gasteiger partial charge on any atom is -0.387 e. The van der Waals surface area contributed by atoms with Crippen molar-refractivity contribution in [3.05, 3.63) is 66.2 Å². The Morgan fingerprint density at radius 2 is 1.47 bits per heavy atom. The zero-order valence-electron chi connectivity index (χ0n) is 9.95. The van der Waals surface area contributed by atoms with Gasteiger partial charge in [0.1, 0.15) is 0 Å². The number of hydrogen-bond donors (Lipinski definition) is 1. The molecule has 0 fully saturated rings. The van der Waals surface area contributed by atoms with Crippen LogP contribution in [0.3, 0.4) is 0 Å². The lowest BCUT2D eigenvalue weighted by molar-refractivity contribution is 0.185. The molecule has 88 valence electrons. The van der Waals surface area contributed by atoms with Crippen LogP contribution < -0.4 is 4.90 Å². The molecule has 0 aliphatic carbocycles. The molecule has 2 aromatic carbocycles. The van der Waals surface area contributed by atoms with Crippen molar-refractivity contribution in [2.45, 2.75) is 6.10 Å². The highest BCUT2D eigenvalue weighted by Crippen LogP contribution is 2.17. The van der Waals surface area contributed by atoms with E-state index >= 15 is 0 Å². The highest BCUT2D eigenvalue weighted by Gasteiger charge is 2.10. The van der Waals surface area contributed by atoms with Crippen molar-refractivity contribution in [1.82, 2.24) is 0 Å². The molecule has 0 saturated heterocycles. The van der Waals surface area contributed by atoms with Crippen LogP contribution in [0.2, 0.25) is 0 Å². The first-order valence-electron chi connectivity index (χ1n) is 5.76. The molecule has 0 bridgehead atoms. The molecule has 0 radical (unpaired) electrons. The van der Waals surface area contributed by atoms with Gasteiger partial charge in [0.05, 0.1) is 6.10 Å². The molecule has 17 heavy (non-hydrogen) atoms. The average molecular weight is 227 g/mol. The van der Waals surface area contributed by atoms with Crippen LogP contribution in [-0.4, -0.2) is 18.7 Å². The Labute approximate surface area is 102 Å². The van der Waals surface area contributed by atoms with E-state index in [0.717, 1.165) is 11.3 Å². The van der Waals surface area contributed by atoms with Gasteiger partial charge in [0.2, 0.25) is 0 Å². The molecule has 0 aliphatic heterocycles. The van der Waals surface area contributed by atoms with Gasteiger partial charge in [-0.1, -0.05) is 48.5 Å².